The number of rotatable bonds is 2. The summed E-state index contributed by atoms with van der Waals surface area (Å²) in [5.74, 6) is 0.880. The number of carbonyl (C=O) groups is 1. The normalized spacial score (nSPS) is 19.2. The van der Waals surface area contributed by atoms with Crippen molar-refractivity contribution in [2.24, 2.45) is 0 Å². The second kappa shape index (κ2) is 4.93. The molecule has 0 bridgehead atoms. The SMILES string of the molecule is O=C1CCC(n2c(-c3ccncc3)n[nH]c2=S)CN1. The van der Waals surface area contributed by atoms with E-state index in [0.29, 0.717) is 17.7 Å². The van der Waals surface area contributed by atoms with Crippen molar-refractivity contribution in [3.05, 3.63) is 29.3 Å². The van der Waals surface area contributed by atoms with Crippen LogP contribution in [0, 0.1) is 4.77 Å². The summed E-state index contributed by atoms with van der Waals surface area (Å²) in [4.78, 5) is 15.2. The van der Waals surface area contributed by atoms with Crippen molar-refractivity contribution in [1.82, 2.24) is 25.1 Å². The molecule has 1 fully saturated rings. The zero-order chi connectivity index (χ0) is 13.2. The Balaban J connectivity index is 2.00. The zero-order valence-electron chi connectivity index (χ0n) is 10.2. The molecule has 3 rings (SSSR count). The van der Waals surface area contributed by atoms with Crippen LogP contribution in [0.25, 0.3) is 11.4 Å². The predicted octanol–water partition coefficient (Wildman–Crippen LogP) is 1.45. The minimum absolute atomic E-state index is 0.0942. The van der Waals surface area contributed by atoms with Gasteiger partial charge in [0.05, 0.1) is 6.04 Å². The van der Waals surface area contributed by atoms with Crippen molar-refractivity contribution < 1.29 is 4.79 Å². The summed E-state index contributed by atoms with van der Waals surface area (Å²) in [7, 11) is 0. The summed E-state index contributed by atoms with van der Waals surface area (Å²) in [6.45, 7) is 0.588. The highest BCUT2D eigenvalue weighted by atomic mass is 32.1. The van der Waals surface area contributed by atoms with Crippen LogP contribution in [0.1, 0.15) is 18.9 Å². The van der Waals surface area contributed by atoms with Gasteiger partial charge in [-0.1, -0.05) is 0 Å². The number of H-pyrrole nitrogens is 1. The zero-order valence-corrected chi connectivity index (χ0v) is 11.0. The van der Waals surface area contributed by atoms with Crippen LogP contribution in [0.2, 0.25) is 0 Å². The first-order valence-corrected chi connectivity index (χ1v) is 6.50. The molecule has 98 valence electrons. The molecule has 2 N–H and O–H groups in total. The highest BCUT2D eigenvalue weighted by Crippen LogP contribution is 2.24. The Morgan fingerprint density at radius 1 is 1.37 bits per heavy atom. The number of pyridine rings is 1. The lowest BCUT2D eigenvalue weighted by atomic mass is 10.1. The number of hydrogen-bond acceptors (Lipinski definition) is 4. The van der Waals surface area contributed by atoms with Crippen LogP contribution in [-0.2, 0) is 4.79 Å². The van der Waals surface area contributed by atoms with Gasteiger partial charge in [0, 0.05) is 30.9 Å². The molecule has 19 heavy (non-hydrogen) atoms. The summed E-state index contributed by atoms with van der Waals surface area (Å²) in [5, 5.41) is 9.98. The van der Waals surface area contributed by atoms with Gasteiger partial charge in [-0.05, 0) is 30.8 Å². The Bertz CT molecular complexity index is 638. The number of amides is 1. The van der Waals surface area contributed by atoms with Crippen molar-refractivity contribution in [3.63, 3.8) is 0 Å². The Morgan fingerprint density at radius 2 is 2.16 bits per heavy atom. The Hall–Kier alpha value is -2.02. The predicted molar refractivity (Wildman–Crippen MR) is 71.9 cm³/mol. The van der Waals surface area contributed by atoms with Crippen LogP contribution in [0.3, 0.4) is 0 Å². The maximum absolute atomic E-state index is 11.2. The van der Waals surface area contributed by atoms with Gasteiger partial charge < -0.3 is 5.32 Å². The molecule has 0 aromatic carbocycles. The number of aromatic nitrogens is 4. The van der Waals surface area contributed by atoms with Crippen molar-refractivity contribution in [1.29, 1.82) is 0 Å². The first-order valence-electron chi connectivity index (χ1n) is 6.09. The van der Waals surface area contributed by atoms with Crippen molar-refractivity contribution >= 4 is 18.1 Å². The second-order valence-electron chi connectivity index (χ2n) is 4.45. The number of piperidine rings is 1. The fourth-order valence-corrected chi connectivity index (χ4v) is 2.57. The lowest BCUT2D eigenvalue weighted by molar-refractivity contribution is -0.122. The maximum Gasteiger partial charge on any atom is 0.220 e. The molecule has 1 aliphatic heterocycles. The molecule has 6 nitrogen and oxygen atoms in total. The molecule has 0 aliphatic carbocycles. The molecule has 2 aromatic heterocycles. The van der Waals surface area contributed by atoms with Gasteiger partial charge in [0.25, 0.3) is 0 Å². The third kappa shape index (κ3) is 2.28. The molecular weight excluding hydrogens is 262 g/mol. The monoisotopic (exact) mass is 275 g/mol. The largest absolute Gasteiger partial charge is 0.354 e. The number of carbonyl (C=O) groups excluding carboxylic acids is 1. The third-order valence-electron chi connectivity index (χ3n) is 3.25. The minimum Gasteiger partial charge on any atom is -0.354 e. The molecule has 0 spiro atoms. The quantitative estimate of drug-likeness (QED) is 0.813. The van der Waals surface area contributed by atoms with Crippen molar-refractivity contribution in [2.45, 2.75) is 18.9 Å². The van der Waals surface area contributed by atoms with E-state index in [1.54, 1.807) is 12.4 Å². The average molecular weight is 275 g/mol. The van der Waals surface area contributed by atoms with Gasteiger partial charge in [0.2, 0.25) is 5.91 Å². The topological polar surface area (TPSA) is 75.6 Å². The summed E-state index contributed by atoms with van der Waals surface area (Å²) in [6.07, 6.45) is 4.74. The van der Waals surface area contributed by atoms with E-state index in [1.165, 1.54) is 0 Å². The van der Waals surface area contributed by atoms with E-state index in [1.807, 2.05) is 16.7 Å². The lowest BCUT2D eigenvalue weighted by Gasteiger charge is -2.24. The molecule has 0 radical (unpaired) electrons. The van der Waals surface area contributed by atoms with E-state index in [4.69, 9.17) is 12.2 Å². The van der Waals surface area contributed by atoms with Crippen molar-refractivity contribution in [2.75, 3.05) is 6.54 Å². The Labute approximate surface area is 114 Å². The van der Waals surface area contributed by atoms with Gasteiger partial charge in [0.15, 0.2) is 10.6 Å². The molecule has 0 saturated carbocycles. The number of hydrogen-bond donors (Lipinski definition) is 2. The molecule has 3 heterocycles. The lowest BCUT2D eigenvalue weighted by Crippen LogP contribution is -2.36. The third-order valence-corrected chi connectivity index (χ3v) is 3.54. The molecule has 1 saturated heterocycles. The Kier molecular flexibility index (Phi) is 3.12. The molecule has 1 atom stereocenters. The van der Waals surface area contributed by atoms with Gasteiger partial charge in [-0.2, -0.15) is 5.10 Å². The fraction of sp³-hybridized carbons (Fsp3) is 0.333. The molecule has 2 aromatic rings. The van der Waals surface area contributed by atoms with E-state index >= 15 is 0 Å². The first-order chi connectivity index (χ1) is 9.25. The molecular formula is C12H13N5OS. The molecule has 1 amide bonds. The van der Waals surface area contributed by atoms with E-state index < -0.39 is 0 Å². The smallest absolute Gasteiger partial charge is 0.220 e. The highest BCUT2D eigenvalue weighted by molar-refractivity contribution is 7.71. The van der Waals surface area contributed by atoms with E-state index in [2.05, 4.69) is 20.5 Å². The van der Waals surface area contributed by atoms with Crippen LogP contribution in [0.5, 0.6) is 0 Å². The number of nitrogens with zero attached hydrogens (tertiary/aromatic N) is 3. The Morgan fingerprint density at radius 3 is 2.84 bits per heavy atom. The van der Waals surface area contributed by atoms with Crippen LogP contribution in [0.4, 0.5) is 0 Å². The summed E-state index contributed by atoms with van der Waals surface area (Å²) < 4.78 is 2.55. The van der Waals surface area contributed by atoms with Gasteiger partial charge in [-0.25, -0.2) is 0 Å². The van der Waals surface area contributed by atoms with Gasteiger partial charge in [-0.15, -0.1) is 0 Å². The second-order valence-corrected chi connectivity index (χ2v) is 4.84. The standard InChI is InChI=1S/C12H13N5OS/c18-10-2-1-9(7-14-10)17-11(15-16-12(17)19)8-3-5-13-6-4-8/h3-6,9H,1-2,7H2,(H,14,18)(H,16,19). The number of aromatic amines is 1. The average Bonchev–Trinajstić information content (AvgIpc) is 2.83. The van der Waals surface area contributed by atoms with Crippen LogP contribution in [-0.4, -0.2) is 32.2 Å². The molecule has 1 unspecified atom stereocenters. The fourth-order valence-electron chi connectivity index (χ4n) is 2.29. The van der Waals surface area contributed by atoms with E-state index in [9.17, 15) is 4.79 Å². The van der Waals surface area contributed by atoms with Crippen LogP contribution < -0.4 is 5.32 Å². The molecule has 7 heteroatoms. The maximum atomic E-state index is 11.2. The van der Waals surface area contributed by atoms with Crippen LogP contribution in [0.15, 0.2) is 24.5 Å². The van der Waals surface area contributed by atoms with E-state index in [-0.39, 0.29) is 11.9 Å². The van der Waals surface area contributed by atoms with Gasteiger partial charge in [0.1, 0.15) is 0 Å². The van der Waals surface area contributed by atoms with Crippen molar-refractivity contribution in [3.8, 4) is 11.4 Å². The summed E-state index contributed by atoms with van der Waals surface area (Å²) >= 11 is 5.30. The van der Waals surface area contributed by atoms with Gasteiger partial charge >= 0.3 is 0 Å². The highest BCUT2D eigenvalue weighted by Gasteiger charge is 2.23. The van der Waals surface area contributed by atoms with Gasteiger partial charge in [-0.3, -0.25) is 19.4 Å². The summed E-state index contributed by atoms with van der Waals surface area (Å²) in [5.41, 5.74) is 0.958. The number of nitrogens with one attached hydrogen (secondary N) is 2. The molecule has 1 aliphatic rings. The minimum atomic E-state index is 0.0942. The van der Waals surface area contributed by atoms with E-state index in [0.717, 1.165) is 17.8 Å². The first kappa shape index (κ1) is 12.0. The van der Waals surface area contributed by atoms with Crippen LogP contribution >= 0.6 is 12.2 Å². The summed E-state index contributed by atoms with van der Waals surface area (Å²) in [6, 6.07) is 3.93.